The zero-order valence-corrected chi connectivity index (χ0v) is 22.1. The number of hydrogen-bond acceptors (Lipinski definition) is 4. The maximum Gasteiger partial charge on any atom is 0.230 e. The molecule has 2 aliphatic carbocycles. The van der Waals surface area contributed by atoms with Gasteiger partial charge in [-0.1, -0.05) is 108 Å². The fourth-order valence-corrected chi connectivity index (χ4v) is 6.18. The van der Waals surface area contributed by atoms with Crippen LogP contribution >= 0.6 is 11.8 Å². The third kappa shape index (κ3) is 6.65. The van der Waals surface area contributed by atoms with Gasteiger partial charge in [0, 0.05) is 17.6 Å². The Balaban J connectivity index is 1.48. The molecule has 1 aromatic heterocycles. The van der Waals surface area contributed by atoms with Gasteiger partial charge in [-0.25, -0.2) is 0 Å². The molecule has 5 nitrogen and oxygen atoms in total. The number of benzene rings is 1. The lowest BCUT2D eigenvalue weighted by molar-refractivity contribution is -0.119. The number of nitrogens with zero attached hydrogens (tertiary/aromatic N) is 3. The van der Waals surface area contributed by atoms with Crippen molar-refractivity contribution in [2.75, 3.05) is 5.75 Å². The van der Waals surface area contributed by atoms with Crippen LogP contribution in [-0.4, -0.2) is 32.5 Å². The molecule has 1 heterocycles. The molecule has 1 N–H and O–H groups in total. The quantitative estimate of drug-likeness (QED) is 0.447. The van der Waals surface area contributed by atoms with Crippen molar-refractivity contribution in [3.63, 3.8) is 0 Å². The van der Waals surface area contributed by atoms with E-state index in [1.54, 1.807) is 11.8 Å². The van der Waals surface area contributed by atoms with Gasteiger partial charge in [0.25, 0.3) is 0 Å². The second-order valence-corrected chi connectivity index (χ2v) is 12.1. The number of aromatic nitrogens is 3. The van der Waals surface area contributed by atoms with Crippen LogP contribution in [0.3, 0.4) is 0 Å². The van der Waals surface area contributed by atoms with E-state index in [-0.39, 0.29) is 11.3 Å². The molecule has 0 spiro atoms. The number of carbonyl (C=O) groups is 1. The first-order valence-corrected chi connectivity index (χ1v) is 14.4. The van der Waals surface area contributed by atoms with E-state index in [9.17, 15) is 4.79 Å². The van der Waals surface area contributed by atoms with Crippen LogP contribution in [0.25, 0.3) is 11.4 Å². The minimum absolute atomic E-state index is 0.125. The van der Waals surface area contributed by atoms with Gasteiger partial charge in [0.1, 0.15) is 0 Å². The van der Waals surface area contributed by atoms with Crippen molar-refractivity contribution in [1.82, 2.24) is 20.1 Å². The predicted molar refractivity (Wildman–Crippen MR) is 141 cm³/mol. The lowest BCUT2D eigenvalue weighted by Gasteiger charge is -2.26. The molecule has 0 atom stereocenters. The van der Waals surface area contributed by atoms with Gasteiger partial charge in [-0.2, -0.15) is 0 Å². The Morgan fingerprint density at radius 1 is 0.912 bits per heavy atom. The smallest absolute Gasteiger partial charge is 0.230 e. The van der Waals surface area contributed by atoms with Crippen LogP contribution in [0.4, 0.5) is 0 Å². The average Bonchev–Trinajstić information content (AvgIpc) is 3.23. The summed E-state index contributed by atoms with van der Waals surface area (Å²) in [5.74, 6) is 1.48. The van der Waals surface area contributed by atoms with Crippen LogP contribution in [0.5, 0.6) is 0 Å². The molecule has 1 amide bonds. The average molecular weight is 483 g/mol. The van der Waals surface area contributed by atoms with E-state index in [2.05, 4.69) is 65.1 Å². The normalized spacial score (nSPS) is 18.9. The molecule has 0 aliphatic heterocycles. The number of amides is 1. The van der Waals surface area contributed by atoms with E-state index in [1.807, 2.05) is 0 Å². The molecule has 34 heavy (non-hydrogen) atoms. The van der Waals surface area contributed by atoms with Crippen molar-refractivity contribution >= 4 is 17.7 Å². The van der Waals surface area contributed by atoms with Gasteiger partial charge in [0.15, 0.2) is 11.0 Å². The topological polar surface area (TPSA) is 59.8 Å². The van der Waals surface area contributed by atoms with Crippen LogP contribution in [0.15, 0.2) is 29.4 Å². The Bertz CT molecular complexity index is 917. The van der Waals surface area contributed by atoms with E-state index < -0.39 is 0 Å². The summed E-state index contributed by atoms with van der Waals surface area (Å²) in [7, 11) is 0. The first kappa shape index (κ1) is 25.3. The van der Waals surface area contributed by atoms with Crippen LogP contribution < -0.4 is 5.32 Å². The minimum Gasteiger partial charge on any atom is -0.353 e. The molecule has 0 bridgehead atoms. The monoisotopic (exact) mass is 482 g/mol. The predicted octanol–water partition coefficient (Wildman–Crippen LogP) is 7.07. The Kier molecular flexibility index (Phi) is 8.73. The van der Waals surface area contributed by atoms with Gasteiger partial charge in [-0.3, -0.25) is 9.36 Å². The fraction of sp³-hybridized carbons (Fsp3) is 0.679. The molecule has 186 valence electrons. The van der Waals surface area contributed by atoms with Crippen LogP contribution in [0.2, 0.25) is 0 Å². The molecule has 2 aliphatic rings. The molecule has 2 saturated carbocycles. The van der Waals surface area contributed by atoms with Gasteiger partial charge in [0.2, 0.25) is 5.91 Å². The Labute approximate surface area is 209 Å². The SMILES string of the molecule is CC(C)(C)c1ccc(-c2nnc(SCC(=O)NC3CCCCCCC3)n2C2CCCCC2)cc1. The Morgan fingerprint density at radius 3 is 2.15 bits per heavy atom. The summed E-state index contributed by atoms with van der Waals surface area (Å²) in [4.78, 5) is 12.8. The van der Waals surface area contributed by atoms with Gasteiger partial charge in [-0.05, 0) is 36.7 Å². The number of rotatable bonds is 6. The lowest BCUT2D eigenvalue weighted by Crippen LogP contribution is -2.36. The molecule has 0 radical (unpaired) electrons. The molecular weight excluding hydrogens is 440 g/mol. The van der Waals surface area contributed by atoms with Gasteiger partial charge >= 0.3 is 0 Å². The van der Waals surface area contributed by atoms with Crippen molar-refractivity contribution in [3.05, 3.63) is 29.8 Å². The highest BCUT2D eigenvalue weighted by atomic mass is 32.2. The second kappa shape index (κ2) is 11.7. The van der Waals surface area contributed by atoms with E-state index in [0.29, 0.717) is 17.8 Å². The first-order valence-electron chi connectivity index (χ1n) is 13.4. The maximum absolute atomic E-state index is 12.8. The minimum atomic E-state index is 0.125. The second-order valence-electron chi connectivity index (χ2n) is 11.2. The van der Waals surface area contributed by atoms with Crippen molar-refractivity contribution in [2.24, 2.45) is 0 Å². The molecule has 0 unspecified atom stereocenters. The van der Waals surface area contributed by atoms with Crippen LogP contribution in [0, 0.1) is 0 Å². The molecule has 4 rings (SSSR count). The molecule has 0 saturated heterocycles. The summed E-state index contributed by atoms with van der Waals surface area (Å²) in [5.41, 5.74) is 2.55. The lowest BCUT2D eigenvalue weighted by atomic mass is 9.86. The van der Waals surface area contributed by atoms with Crippen molar-refractivity contribution < 1.29 is 4.79 Å². The summed E-state index contributed by atoms with van der Waals surface area (Å²) in [6.07, 6.45) is 14.7. The number of thioether (sulfide) groups is 1. The molecular formula is C28H42N4OS. The van der Waals surface area contributed by atoms with Crippen molar-refractivity contribution in [1.29, 1.82) is 0 Å². The fourth-order valence-electron chi connectivity index (χ4n) is 5.36. The highest BCUT2D eigenvalue weighted by Gasteiger charge is 2.25. The first-order chi connectivity index (χ1) is 16.4. The van der Waals surface area contributed by atoms with Gasteiger partial charge in [-0.15, -0.1) is 10.2 Å². The van der Waals surface area contributed by atoms with Gasteiger partial charge < -0.3 is 5.32 Å². The largest absolute Gasteiger partial charge is 0.353 e. The van der Waals surface area contributed by atoms with E-state index >= 15 is 0 Å². The Hall–Kier alpha value is -1.82. The van der Waals surface area contributed by atoms with Crippen molar-refractivity contribution in [2.45, 2.75) is 120 Å². The summed E-state index contributed by atoms with van der Waals surface area (Å²) >= 11 is 1.55. The van der Waals surface area contributed by atoms with E-state index in [1.165, 1.54) is 56.9 Å². The number of hydrogen-bond donors (Lipinski definition) is 1. The highest BCUT2D eigenvalue weighted by Crippen LogP contribution is 2.36. The van der Waals surface area contributed by atoms with E-state index in [0.717, 1.165) is 42.2 Å². The Morgan fingerprint density at radius 2 is 1.50 bits per heavy atom. The van der Waals surface area contributed by atoms with Gasteiger partial charge in [0.05, 0.1) is 5.75 Å². The number of nitrogens with one attached hydrogen (secondary N) is 1. The third-order valence-electron chi connectivity index (χ3n) is 7.42. The summed E-state index contributed by atoms with van der Waals surface area (Å²) in [5, 5.41) is 13.4. The van der Waals surface area contributed by atoms with Crippen LogP contribution in [0.1, 0.15) is 109 Å². The zero-order chi connectivity index (χ0) is 24.0. The maximum atomic E-state index is 12.8. The van der Waals surface area contributed by atoms with Crippen LogP contribution in [-0.2, 0) is 10.2 Å². The molecule has 1 aromatic carbocycles. The highest BCUT2D eigenvalue weighted by molar-refractivity contribution is 7.99. The summed E-state index contributed by atoms with van der Waals surface area (Å²) in [6, 6.07) is 9.53. The third-order valence-corrected chi connectivity index (χ3v) is 8.36. The van der Waals surface area contributed by atoms with Crippen molar-refractivity contribution in [3.8, 4) is 11.4 Å². The summed E-state index contributed by atoms with van der Waals surface area (Å²) in [6.45, 7) is 6.72. The molecule has 2 fully saturated rings. The molecule has 6 heteroatoms. The molecule has 2 aromatic rings. The van der Waals surface area contributed by atoms with E-state index in [4.69, 9.17) is 0 Å². The zero-order valence-electron chi connectivity index (χ0n) is 21.3. The number of carbonyl (C=O) groups excluding carboxylic acids is 1. The summed E-state index contributed by atoms with van der Waals surface area (Å²) < 4.78 is 2.33. The standard InChI is InChI=1S/C28H42N4OS/c1-28(2,3)22-18-16-21(17-19-22)26-30-31-27(32(26)24-14-10-7-11-15-24)34-20-25(33)29-23-12-8-5-4-6-9-13-23/h16-19,23-24H,4-15,20H2,1-3H3,(H,29,33).